The van der Waals surface area contributed by atoms with Gasteiger partial charge in [0.2, 0.25) is 5.75 Å². The number of benzene rings is 4. The van der Waals surface area contributed by atoms with Crippen molar-refractivity contribution in [2.24, 2.45) is 0 Å². The van der Waals surface area contributed by atoms with Crippen LogP contribution in [-0.2, 0) is 4.79 Å². The van der Waals surface area contributed by atoms with E-state index in [4.69, 9.17) is 18.9 Å². The SMILES string of the molecule is COc1cccc([C@@H]2C3=C(C[C@@H](c4ccc(C)cc4)CC3=O)Nc3ccccc3N2C(=O)c2cc(OC)c(OC)c(OC)c2)c1. The number of nitrogens with zero attached hydrogens (tertiary/aromatic N) is 1. The van der Waals surface area contributed by atoms with Gasteiger partial charge in [0.25, 0.3) is 5.91 Å². The molecule has 1 N–H and O–H groups in total. The molecule has 4 aromatic carbocycles. The van der Waals surface area contributed by atoms with Gasteiger partial charge in [0.1, 0.15) is 5.75 Å². The fourth-order valence-corrected chi connectivity index (χ4v) is 6.36. The molecule has 2 aliphatic rings. The van der Waals surface area contributed by atoms with E-state index in [2.05, 4.69) is 36.5 Å². The lowest BCUT2D eigenvalue weighted by Crippen LogP contribution is -2.38. The Balaban J connectivity index is 1.57. The van der Waals surface area contributed by atoms with Crippen LogP contribution in [-0.4, -0.2) is 40.1 Å². The first-order chi connectivity index (χ1) is 21.9. The van der Waals surface area contributed by atoms with Crippen LogP contribution in [0.1, 0.15) is 51.8 Å². The zero-order valence-corrected chi connectivity index (χ0v) is 26.0. The summed E-state index contributed by atoms with van der Waals surface area (Å²) < 4.78 is 22.3. The van der Waals surface area contributed by atoms with Crippen molar-refractivity contribution in [2.45, 2.75) is 31.7 Å². The molecule has 6 rings (SSSR count). The fourth-order valence-electron chi connectivity index (χ4n) is 6.36. The lowest BCUT2D eigenvalue weighted by molar-refractivity contribution is -0.116. The molecule has 0 spiro atoms. The van der Waals surface area contributed by atoms with Crippen LogP contribution >= 0.6 is 0 Å². The van der Waals surface area contributed by atoms with E-state index in [0.29, 0.717) is 52.7 Å². The topological polar surface area (TPSA) is 86.3 Å². The summed E-state index contributed by atoms with van der Waals surface area (Å²) in [6.45, 7) is 2.05. The molecule has 0 bridgehead atoms. The third kappa shape index (κ3) is 5.48. The number of anilines is 2. The second-order valence-electron chi connectivity index (χ2n) is 11.2. The van der Waals surface area contributed by atoms with E-state index in [1.807, 2.05) is 48.5 Å². The smallest absolute Gasteiger partial charge is 0.259 e. The summed E-state index contributed by atoms with van der Waals surface area (Å²) in [5.41, 5.74) is 6.08. The lowest BCUT2D eigenvalue weighted by atomic mass is 9.78. The second kappa shape index (κ2) is 12.4. The molecule has 45 heavy (non-hydrogen) atoms. The summed E-state index contributed by atoms with van der Waals surface area (Å²) in [6.07, 6.45) is 0.942. The molecule has 0 saturated heterocycles. The van der Waals surface area contributed by atoms with E-state index >= 15 is 0 Å². The zero-order chi connectivity index (χ0) is 31.7. The Kier molecular flexibility index (Phi) is 8.22. The molecule has 8 heteroatoms. The predicted molar refractivity (Wildman–Crippen MR) is 174 cm³/mol. The highest BCUT2D eigenvalue weighted by molar-refractivity contribution is 6.12. The van der Waals surface area contributed by atoms with E-state index in [-0.39, 0.29) is 17.6 Å². The minimum absolute atomic E-state index is 0.000154. The molecule has 1 aliphatic carbocycles. The summed E-state index contributed by atoms with van der Waals surface area (Å²) in [5, 5.41) is 3.60. The maximum Gasteiger partial charge on any atom is 0.259 e. The van der Waals surface area contributed by atoms with Crippen LogP contribution < -0.4 is 29.2 Å². The fraction of sp³-hybridized carbons (Fsp3) is 0.243. The van der Waals surface area contributed by atoms with Crippen molar-refractivity contribution in [1.82, 2.24) is 0 Å². The van der Waals surface area contributed by atoms with Crippen LogP contribution in [0.3, 0.4) is 0 Å². The van der Waals surface area contributed by atoms with E-state index in [1.54, 1.807) is 24.1 Å². The maximum absolute atomic E-state index is 14.9. The Labute approximate surface area is 263 Å². The number of ether oxygens (including phenoxy) is 4. The second-order valence-corrected chi connectivity index (χ2v) is 11.2. The molecular weight excluding hydrogens is 568 g/mol. The Morgan fingerprint density at radius 1 is 0.778 bits per heavy atom. The van der Waals surface area contributed by atoms with Crippen molar-refractivity contribution in [3.63, 3.8) is 0 Å². The summed E-state index contributed by atoms with van der Waals surface area (Å²) in [6, 6.07) is 26.1. The van der Waals surface area contributed by atoms with Crippen molar-refractivity contribution in [3.8, 4) is 23.0 Å². The van der Waals surface area contributed by atoms with Gasteiger partial charge in [-0.3, -0.25) is 14.5 Å². The molecule has 1 heterocycles. The summed E-state index contributed by atoms with van der Waals surface area (Å²) in [5.74, 6) is 1.37. The molecule has 0 aromatic heterocycles. The number of para-hydroxylation sites is 2. The van der Waals surface area contributed by atoms with Crippen molar-refractivity contribution >= 4 is 23.1 Å². The number of carbonyl (C=O) groups excluding carboxylic acids is 2. The number of Topliss-reactive ketones (excluding diaryl/α,β-unsaturated/α-hetero) is 1. The number of nitrogens with one attached hydrogen (secondary N) is 1. The average Bonchev–Trinajstić information content (AvgIpc) is 3.22. The third-order valence-corrected chi connectivity index (χ3v) is 8.58. The molecular formula is C37H36N2O6. The Morgan fingerprint density at radius 2 is 1.49 bits per heavy atom. The molecule has 1 aliphatic heterocycles. The highest BCUT2D eigenvalue weighted by Gasteiger charge is 2.42. The predicted octanol–water partition coefficient (Wildman–Crippen LogP) is 7.24. The van der Waals surface area contributed by atoms with Crippen molar-refractivity contribution in [3.05, 3.63) is 118 Å². The molecule has 230 valence electrons. The van der Waals surface area contributed by atoms with Crippen molar-refractivity contribution in [1.29, 1.82) is 0 Å². The number of amides is 1. The number of fused-ring (bicyclic) bond motifs is 1. The minimum atomic E-state index is -0.746. The van der Waals surface area contributed by atoms with Crippen LogP contribution in [0.2, 0.25) is 0 Å². The summed E-state index contributed by atoms with van der Waals surface area (Å²) >= 11 is 0. The van der Waals surface area contributed by atoms with Crippen LogP contribution in [0.25, 0.3) is 0 Å². The van der Waals surface area contributed by atoms with Gasteiger partial charge < -0.3 is 24.3 Å². The molecule has 0 fully saturated rings. The Morgan fingerprint density at radius 3 is 2.16 bits per heavy atom. The minimum Gasteiger partial charge on any atom is -0.497 e. The highest BCUT2D eigenvalue weighted by atomic mass is 16.5. The number of aryl methyl sites for hydroxylation is 1. The largest absolute Gasteiger partial charge is 0.497 e. The molecule has 0 radical (unpaired) electrons. The number of hydrogen-bond acceptors (Lipinski definition) is 7. The summed E-state index contributed by atoms with van der Waals surface area (Å²) in [7, 11) is 6.14. The van der Waals surface area contributed by atoms with Crippen LogP contribution in [0.5, 0.6) is 23.0 Å². The Bertz CT molecular complexity index is 1770. The maximum atomic E-state index is 14.9. The quantitative estimate of drug-likeness (QED) is 0.238. The van der Waals surface area contributed by atoms with Crippen molar-refractivity contribution in [2.75, 3.05) is 38.7 Å². The number of methoxy groups -OCH3 is 4. The van der Waals surface area contributed by atoms with Gasteiger partial charge in [-0.05, 0) is 66.8 Å². The first-order valence-electron chi connectivity index (χ1n) is 14.8. The first kappa shape index (κ1) is 29.8. The number of carbonyl (C=O) groups is 2. The normalized spacial score (nSPS) is 17.4. The molecule has 0 saturated carbocycles. The molecule has 0 unspecified atom stereocenters. The average molecular weight is 605 g/mol. The number of hydrogen-bond donors (Lipinski definition) is 1. The zero-order valence-electron chi connectivity index (χ0n) is 26.0. The van der Waals surface area contributed by atoms with Crippen LogP contribution in [0.15, 0.2) is 96.2 Å². The number of ketones is 1. The van der Waals surface area contributed by atoms with Crippen LogP contribution in [0.4, 0.5) is 11.4 Å². The monoisotopic (exact) mass is 604 g/mol. The van der Waals surface area contributed by atoms with E-state index in [0.717, 1.165) is 22.5 Å². The van der Waals surface area contributed by atoms with Gasteiger partial charge in [0.15, 0.2) is 17.3 Å². The van der Waals surface area contributed by atoms with Gasteiger partial charge in [-0.15, -0.1) is 0 Å². The van der Waals surface area contributed by atoms with Crippen LogP contribution in [0, 0.1) is 6.92 Å². The molecule has 1 amide bonds. The molecule has 2 atom stereocenters. The van der Waals surface area contributed by atoms with Gasteiger partial charge in [-0.25, -0.2) is 0 Å². The van der Waals surface area contributed by atoms with E-state index in [9.17, 15) is 9.59 Å². The molecule has 4 aromatic rings. The van der Waals surface area contributed by atoms with E-state index < -0.39 is 6.04 Å². The highest BCUT2D eigenvalue weighted by Crippen LogP contribution is 2.49. The first-order valence-corrected chi connectivity index (χ1v) is 14.8. The van der Waals surface area contributed by atoms with Gasteiger partial charge in [-0.1, -0.05) is 54.1 Å². The van der Waals surface area contributed by atoms with Gasteiger partial charge in [-0.2, -0.15) is 0 Å². The number of rotatable bonds is 7. The third-order valence-electron chi connectivity index (χ3n) is 8.58. The number of allylic oxidation sites excluding steroid dienone is 1. The van der Waals surface area contributed by atoms with E-state index in [1.165, 1.54) is 26.9 Å². The van der Waals surface area contributed by atoms with Crippen molar-refractivity contribution < 1.29 is 28.5 Å². The Hall–Kier alpha value is -5.24. The van der Waals surface area contributed by atoms with Gasteiger partial charge in [0.05, 0.1) is 45.9 Å². The summed E-state index contributed by atoms with van der Waals surface area (Å²) in [4.78, 5) is 31.0. The standard InChI is InChI=1S/C37H36N2O6/c1-22-13-15-23(16-14-22)25-18-29-34(31(40)19-25)35(24-9-8-10-27(17-24)42-2)39(30-12-7-6-11-28(30)38-29)37(41)26-20-32(43-3)36(45-5)33(21-26)44-4/h6-17,20-21,25,35,38H,18-19H2,1-5H3/t25-,35-/m1/s1. The molecule has 8 nitrogen and oxygen atoms in total. The lowest BCUT2D eigenvalue weighted by Gasteiger charge is -2.35. The van der Waals surface area contributed by atoms with Gasteiger partial charge in [0, 0.05) is 23.3 Å². The van der Waals surface area contributed by atoms with Gasteiger partial charge >= 0.3 is 0 Å².